The Balaban J connectivity index is 1.80. The van der Waals surface area contributed by atoms with E-state index in [4.69, 9.17) is 5.11 Å². The number of hydrogen-bond acceptors (Lipinski definition) is 3. The summed E-state index contributed by atoms with van der Waals surface area (Å²) in [6, 6.07) is 7.44. The molecule has 2 rings (SSSR count). The molecule has 1 unspecified atom stereocenters. The third kappa shape index (κ3) is 3.79. The van der Waals surface area contributed by atoms with Crippen LogP contribution < -0.4 is 10.6 Å². The molecule has 1 aliphatic rings. The van der Waals surface area contributed by atoms with Crippen LogP contribution >= 0.6 is 0 Å². The average molecular weight is 262 g/mol. The van der Waals surface area contributed by atoms with E-state index < -0.39 is 0 Å². The fraction of sp³-hybridized carbons (Fsp3) is 0.429. The molecule has 102 valence electrons. The van der Waals surface area contributed by atoms with E-state index in [0.717, 1.165) is 11.1 Å². The summed E-state index contributed by atoms with van der Waals surface area (Å²) in [5.41, 5.74) is 1.84. The molecule has 1 aromatic carbocycles. The first-order valence-electron chi connectivity index (χ1n) is 6.42. The highest BCUT2D eigenvalue weighted by Crippen LogP contribution is 2.11. The van der Waals surface area contributed by atoms with Crippen molar-refractivity contribution in [1.29, 1.82) is 0 Å². The SMILES string of the molecule is O=C1CCC(C(=O)NCc2ccc(CO)cc2)CN1. The van der Waals surface area contributed by atoms with Crippen LogP contribution in [0.15, 0.2) is 24.3 Å². The molecule has 0 bridgehead atoms. The summed E-state index contributed by atoms with van der Waals surface area (Å²) >= 11 is 0. The van der Waals surface area contributed by atoms with Gasteiger partial charge in [-0.15, -0.1) is 0 Å². The smallest absolute Gasteiger partial charge is 0.225 e. The minimum Gasteiger partial charge on any atom is -0.392 e. The van der Waals surface area contributed by atoms with E-state index in [1.54, 1.807) is 0 Å². The highest BCUT2D eigenvalue weighted by Gasteiger charge is 2.23. The summed E-state index contributed by atoms with van der Waals surface area (Å²) in [5.74, 6) is -0.135. The van der Waals surface area contributed by atoms with E-state index in [2.05, 4.69) is 10.6 Å². The number of hydrogen-bond donors (Lipinski definition) is 3. The monoisotopic (exact) mass is 262 g/mol. The lowest BCUT2D eigenvalue weighted by Crippen LogP contribution is -2.42. The Morgan fingerprint density at radius 2 is 2.00 bits per heavy atom. The zero-order valence-electron chi connectivity index (χ0n) is 10.7. The topological polar surface area (TPSA) is 78.4 Å². The van der Waals surface area contributed by atoms with E-state index in [1.165, 1.54) is 0 Å². The minimum absolute atomic E-state index is 0.0173. The first-order chi connectivity index (χ1) is 9.19. The van der Waals surface area contributed by atoms with Gasteiger partial charge in [0.05, 0.1) is 12.5 Å². The number of carbonyl (C=O) groups is 2. The van der Waals surface area contributed by atoms with Crippen LogP contribution in [0, 0.1) is 5.92 Å². The molecule has 1 saturated heterocycles. The van der Waals surface area contributed by atoms with Crippen LogP contribution in [0.2, 0.25) is 0 Å². The summed E-state index contributed by atoms with van der Waals surface area (Å²) in [5, 5.41) is 14.5. The molecule has 0 aromatic heterocycles. The molecular weight excluding hydrogens is 244 g/mol. The Morgan fingerprint density at radius 1 is 1.32 bits per heavy atom. The molecule has 2 amide bonds. The van der Waals surface area contributed by atoms with Gasteiger partial charge < -0.3 is 15.7 Å². The fourth-order valence-corrected chi connectivity index (χ4v) is 2.05. The largest absolute Gasteiger partial charge is 0.392 e. The first-order valence-corrected chi connectivity index (χ1v) is 6.42. The zero-order chi connectivity index (χ0) is 13.7. The van der Waals surface area contributed by atoms with Crippen LogP contribution in [-0.4, -0.2) is 23.5 Å². The molecule has 0 radical (unpaired) electrons. The second kappa shape index (κ2) is 6.33. The van der Waals surface area contributed by atoms with Crippen LogP contribution in [0.25, 0.3) is 0 Å². The van der Waals surface area contributed by atoms with Crippen LogP contribution in [0.1, 0.15) is 24.0 Å². The van der Waals surface area contributed by atoms with Gasteiger partial charge in [-0.25, -0.2) is 0 Å². The van der Waals surface area contributed by atoms with Gasteiger partial charge in [-0.05, 0) is 17.5 Å². The predicted octanol–water partition coefficient (Wildman–Crippen LogP) is 0.321. The molecule has 0 saturated carbocycles. The molecule has 3 N–H and O–H groups in total. The minimum atomic E-state index is -0.130. The van der Waals surface area contributed by atoms with Gasteiger partial charge in [0.1, 0.15) is 0 Å². The van der Waals surface area contributed by atoms with Crippen molar-refractivity contribution in [3.63, 3.8) is 0 Å². The molecule has 1 aromatic rings. The number of aliphatic hydroxyl groups is 1. The number of nitrogens with one attached hydrogen (secondary N) is 2. The van der Waals surface area contributed by atoms with Crippen molar-refractivity contribution in [1.82, 2.24) is 10.6 Å². The fourth-order valence-electron chi connectivity index (χ4n) is 2.05. The van der Waals surface area contributed by atoms with Gasteiger partial charge in [0.25, 0.3) is 0 Å². The van der Waals surface area contributed by atoms with Crippen LogP contribution in [-0.2, 0) is 22.7 Å². The Hall–Kier alpha value is -1.88. The normalized spacial score (nSPS) is 18.8. The maximum absolute atomic E-state index is 11.9. The molecule has 1 heterocycles. The second-order valence-electron chi connectivity index (χ2n) is 4.73. The highest BCUT2D eigenvalue weighted by atomic mass is 16.3. The van der Waals surface area contributed by atoms with Crippen molar-refractivity contribution < 1.29 is 14.7 Å². The van der Waals surface area contributed by atoms with Gasteiger partial charge in [0, 0.05) is 19.5 Å². The molecule has 1 fully saturated rings. The van der Waals surface area contributed by atoms with Gasteiger partial charge in [0.2, 0.25) is 11.8 Å². The Labute approximate surface area is 112 Å². The number of amides is 2. The summed E-state index contributed by atoms with van der Waals surface area (Å²) < 4.78 is 0. The molecule has 5 heteroatoms. The standard InChI is InChI=1S/C14H18N2O3/c17-9-11-3-1-10(2-4-11)7-16-14(19)12-5-6-13(18)15-8-12/h1-4,12,17H,5-9H2,(H,15,18)(H,16,19). The predicted molar refractivity (Wildman–Crippen MR) is 69.9 cm³/mol. The van der Waals surface area contributed by atoms with E-state index in [-0.39, 0.29) is 24.3 Å². The average Bonchev–Trinajstić information content (AvgIpc) is 2.46. The molecular formula is C14H18N2O3. The maximum atomic E-state index is 11.9. The Kier molecular flexibility index (Phi) is 4.52. The lowest BCUT2D eigenvalue weighted by atomic mass is 9.98. The number of carbonyl (C=O) groups excluding carboxylic acids is 2. The van der Waals surface area contributed by atoms with Crippen molar-refractivity contribution in [2.75, 3.05) is 6.54 Å². The molecule has 1 aliphatic heterocycles. The number of benzene rings is 1. The molecule has 5 nitrogen and oxygen atoms in total. The van der Waals surface area contributed by atoms with E-state index in [1.807, 2.05) is 24.3 Å². The van der Waals surface area contributed by atoms with Crippen molar-refractivity contribution in [2.45, 2.75) is 26.0 Å². The highest BCUT2D eigenvalue weighted by molar-refractivity contribution is 5.83. The quantitative estimate of drug-likeness (QED) is 0.731. The lowest BCUT2D eigenvalue weighted by Gasteiger charge is -2.21. The van der Waals surface area contributed by atoms with Gasteiger partial charge in [-0.2, -0.15) is 0 Å². The van der Waals surface area contributed by atoms with Gasteiger partial charge in [-0.1, -0.05) is 24.3 Å². The van der Waals surface area contributed by atoms with Gasteiger partial charge >= 0.3 is 0 Å². The van der Waals surface area contributed by atoms with E-state index >= 15 is 0 Å². The van der Waals surface area contributed by atoms with Crippen molar-refractivity contribution in [3.8, 4) is 0 Å². The molecule has 0 aliphatic carbocycles. The molecule has 19 heavy (non-hydrogen) atoms. The van der Waals surface area contributed by atoms with Crippen LogP contribution in [0.3, 0.4) is 0 Å². The van der Waals surface area contributed by atoms with Crippen LogP contribution in [0.4, 0.5) is 0 Å². The van der Waals surface area contributed by atoms with Gasteiger partial charge in [0.15, 0.2) is 0 Å². The third-order valence-corrected chi connectivity index (χ3v) is 3.31. The summed E-state index contributed by atoms with van der Waals surface area (Å²) in [4.78, 5) is 22.9. The summed E-state index contributed by atoms with van der Waals surface area (Å²) in [6.07, 6.45) is 1.03. The Morgan fingerprint density at radius 3 is 2.58 bits per heavy atom. The van der Waals surface area contributed by atoms with E-state index in [0.29, 0.717) is 25.9 Å². The third-order valence-electron chi connectivity index (χ3n) is 3.31. The van der Waals surface area contributed by atoms with Crippen LogP contribution in [0.5, 0.6) is 0 Å². The summed E-state index contributed by atoms with van der Waals surface area (Å²) in [7, 11) is 0. The molecule has 1 atom stereocenters. The van der Waals surface area contributed by atoms with Crippen molar-refractivity contribution in [3.05, 3.63) is 35.4 Å². The van der Waals surface area contributed by atoms with Gasteiger partial charge in [-0.3, -0.25) is 9.59 Å². The van der Waals surface area contributed by atoms with Crippen molar-refractivity contribution >= 4 is 11.8 Å². The number of rotatable bonds is 4. The number of piperidine rings is 1. The van der Waals surface area contributed by atoms with E-state index in [9.17, 15) is 9.59 Å². The molecule has 0 spiro atoms. The maximum Gasteiger partial charge on any atom is 0.225 e. The Bertz CT molecular complexity index is 446. The second-order valence-corrected chi connectivity index (χ2v) is 4.73. The first kappa shape index (κ1) is 13.5. The number of aliphatic hydroxyl groups excluding tert-OH is 1. The van der Waals surface area contributed by atoms with Crippen molar-refractivity contribution in [2.24, 2.45) is 5.92 Å². The summed E-state index contributed by atoms with van der Waals surface area (Å²) in [6.45, 7) is 0.914. The zero-order valence-corrected chi connectivity index (χ0v) is 10.7. The lowest BCUT2D eigenvalue weighted by molar-refractivity contribution is -0.129.